The molecular weight excluding hydrogens is 276 g/mol. The molecule has 1 heterocycles. The van der Waals surface area contributed by atoms with Gasteiger partial charge in [0, 0.05) is 5.39 Å². The molecule has 21 heavy (non-hydrogen) atoms. The van der Waals surface area contributed by atoms with E-state index < -0.39 is 11.6 Å². The predicted octanol–water partition coefficient (Wildman–Crippen LogP) is 3.02. The lowest BCUT2D eigenvalue weighted by Crippen LogP contribution is -2.15. The van der Waals surface area contributed by atoms with Crippen molar-refractivity contribution in [2.45, 2.75) is 6.42 Å². The first-order chi connectivity index (χ1) is 10.1. The van der Waals surface area contributed by atoms with Crippen molar-refractivity contribution < 1.29 is 13.6 Å². The normalized spacial score (nSPS) is 10.8. The third kappa shape index (κ3) is 2.74. The number of hydrogen-bond donors (Lipinski definition) is 2. The number of fused-ring (bicyclic) bond motifs is 1. The van der Waals surface area contributed by atoms with E-state index in [2.05, 4.69) is 15.5 Å². The van der Waals surface area contributed by atoms with Gasteiger partial charge in [0.05, 0.1) is 11.9 Å². The molecule has 3 aromatic rings. The third-order valence-electron chi connectivity index (χ3n) is 3.08. The van der Waals surface area contributed by atoms with Crippen LogP contribution in [-0.2, 0) is 11.2 Å². The van der Waals surface area contributed by atoms with Crippen LogP contribution < -0.4 is 5.32 Å². The molecule has 1 amide bonds. The zero-order valence-electron chi connectivity index (χ0n) is 10.9. The maximum atomic E-state index is 13.1. The van der Waals surface area contributed by atoms with E-state index in [0.29, 0.717) is 11.4 Å². The van der Waals surface area contributed by atoms with Crippen molar-refractivity contribution >= 4 is 22.6 Å². The van der Waals surface area contributed by atoms with Gasteiger partial charge in [-0.1, -0.05) is 18.2 Å². The predicted molar refractivity (Wildman–Crippen MR) is 74.8 cm³/mol. The molecule has 0 unspecified atom stereocenters. The fourth-order valence-corrected chi connectivity index (χ4v) is 2.07. The van der Waals surface area contributed by atoms with Crippen LogP contribution in [0, 0.1) is 11.6 Å². The molecular formula is C15H11F2N3O. The van der Waals surface area contributed by atoms with E-state index in [1.54, 1.807) is 0 Å². The summed E-state index contributed by atoms with van der Waals surface area (Å²) >= 11 is 0. The molecule has 0 aliphatic carbocycles. The number of nitrogens with zero attached hydrogens (tertiary/aromatic N) is 1. The van der Waals surface area contributed by atoms with Gasteiger partial charge in [-0.25, -0.2) is 8.78 Å². The molecule has 6 heteroatoms. The maximum absolute atomic E-state index is 13.1. The average Bonchev–Trinajstić information content (AvgIpc) is 2.86. The van der Waals surface area contributed by atoms with Gasteiger partial charge in [-0.2, -0.15) is 5.10 Å². The van der Waals surface area contributed by atoms with E-state index in [-0.39, 0.29) is 12.3 Å². The Morgan fingerprint density at radius 1 is 1.14 bits per heavy atom. The van der Waals surface area contributed by atoms with Crippen molar-refractivity contribution in [2.75, 3.05) is 5.32 Å². The minimum atomic E-state index is -0.967. The van der Waals surface area contributed by atoms with Gasteiger partial charge >= 0.3 is 0 Å². The Hall–Kier alpha value is -2.76. The summed E-state index contributed by atoms with van der Waals surface area (Å²) in [6.07, 6.45) is -0.0572. The van der Waals surface area contributed by atoms with Crippen molar-refractivity contribution in [1.29, 1.82) is 0 Å². The lowest BCUT2D eigenvalue weighted by molar-refractivity contribution is -0.115. The number of nitrogens with one attached hydrogen (secondary N) is 2. The number of anilines is 1. The summed E-state index contributed by atoms with van der Waals surface area (Å²) in [4.78, 5) is 11.9. The quantitative estimate of drug-likeness (QED) is 0.778. The zero-order valence-corrected chi connectivity index (χ0v) is 10.9. The second kappa shape index (κ2) is 5.32. The SMILES string of the molecule is O=C(Cc1ccc(F)c(F)c1)Nc1n[nH]c2ccccc12. The van der Waals surface area contributed by atoms with Crippen molar-refractivity contribution in [3.63, 3.8) is 0 Å². The van der Waals surface area contributed by atoms with Gasteiger partial charge in [0.1, 0.15) is 0 Å². The van der Waals surface area contributed by atoms with Crippen molar-refractivity contribution in [3.8, 4) is 0 Å². The average molecular weight is 287 g/mol. The minimum absolute atomic E-state index is 0.0572. The Balaban J connectivity index is 1.75. The number of hydrogen-bond acceptors (Lipinski definition) is 2. The van der Waals surface area contributed by atoms with E-state index in [1.807, 2.05) is 24.3 Å². The van der Waals surface area contributed by atoms with Gasteiger partial charge in [-0.15, -0.1) is 0 Å². The Bertz CT molecular complexity index is 814. The first-order valence-corrected chi connectivity index (χ1v) is 6.30. The molecule has 1 aromatic heterocycles. The second-order valence-electron chi connectivity index (χ2n) is 4.59. The maximum Gasteiger partial charge on any atom is 0.230 e. The Kier molecular flexibility index (Phi) is 3.35. The fraction of sp³-hybridized carbons (Fsp3) is 0.0667. The van der Waals surface area contributed by atoms with E-state index >= 15 is 0 Å². The number of carbonyl (C=O) groups excluding carboxylic acids is 1. The van der Waals surface area contributed by atoms with Crippen LogP contribution in [0.2, 0.25) is 0 Å². The lowest BCUT2D eigenvalue weighted by Gasteiger charge is -2.03. The first kappa shape index (κ1) is 13.2. The van der Waals surface area contributed by atoms with Crippen LogP contribution in [0.4, 0.5) is 14.6 Å². The molecule has 2 aromatic carbocycles. The van der Waals surface area contributed by atoms with E-state index in [4.69, 9.17) is 0 Å². The fourth-order valence-electron chi connectivity index (χ4n) is 2.07. The molecule has 4 nitrogen and oxygen atoms in total. The summed E-state index contributed by atoms with van der Waals surface area (Å²) in [6, 6.07) is 10.7. The number of aromatic amines is 1. The molecule has 2 N–H and O–H groups in total. The molecule has 0 radical (unpaired) electrons. The van der Waals surface area contributed by atoms with Crippen LogP contribution in [0.5, 0.6) is 0 Å². The molecule has 0 fully saturated rings. The van der Waals surface area contributed by atoms with E-state index in [0.717, 1.165) is 23.0 Å². The van der Waals surface area contributed by atoms with Crippen molar-refractivity contribution in [1.82, 2.24) is 10.2 Å². The van der Waals surface area contributed by atoms with Crippen LogP contribution in [-0.4, -0.2) is 16.1 Å². The highest BCUT2D eigenvalue weighted by Crippen LogP contribution is 2.19. The highest BCUT2D eigenvalue weighted by molar-refractivity contribution is 6.00. The highest BCUT2D eigenvalue weighted by Gasteiger charge is 2.11. The number of benzene rings is 2. The molecule has 0 saturated heterocycles. The first-order valence-electron chi connectivity index (χ1n) is 6.30. The molecule has 0 spiro atoms. The Morgan fingerprint density at radius 2 is 1.95 bits per heavy atom. The summed E-state index contributed by atoms with van der Waals surface area (Å²) in [6.45, 7) is 0. The van der Waals surface area contributed by atoms with Crippen LogP contribution in [0.3, 0.4) is 0 Å². The van der Waals surface area contributed by atoms with Crippen molar-refractivity contribution in [2.24, 2.45) is 0 Å². The smallest absolute Gasteiger partial charge is 0.230 e. The monoisotopic (exact) mass is 287 g/mol. The molecule has 106 valence electrons. The summed E-state index contributed by atoms with van der Waals surface area (Å²) in [7, 11) is 0. The van der Waals surface area contributed by atoms with Gasteiger partial charge < -0.3 is 5.32 Å². The number of aromatic nitrogens is 2. The molecule has 0 saturated carbocycles. The van der Waals surface area contributed by atoms with Gasteiger partial charge in [0.15, 0.2) is 17.5 Å². The number of para-hydroxylation sites is 1. The summed E-state index contributed by atoms with van der Waals surface area (Å²) in [5, 5.41) is 10.3. The van der Waals surface area contributed by atoms with Gasteiger partial charge in [-0.3, -0.25) is 9.89 Å². The summed E-state index contributed by atoms with van der Waals surface area (Å²) in [5.41, 5.74) is 1.20. The number of H-pyrrole nitrogens is 1. The minimum Gasteiger partial charge on any atom is -0.308 e. The highest BCUT2D eigenvalue weighted by atomic mass is 19.2. The lowest BCUT2D eigenvalue weighted by atomic mass is 10.1. The van der Waals surface area contributed by atoms with Crippen molar-refractivity contribution in [3.05, 3.63) is 59.7 Å². The van der Waals surface area contributed by atoms with E-state index in [9.17, 15) is 13.6 Å². The second-order valence-corrected chi connectivity index (χ2v) is 4.59. The Labute approximate surface area is 118 Å². The number of amides is 1. The summed E-state index contributed by atoms with van der Waals surface area (Å²) < 4.78 is 25.9. The van der Waals surface area contributed by atoms with Crippen LogP contribution in [0.1, 0.15) is 5.56 Å². The van der Waals surface area contributed by atoms with Gasteiger partial charge in [-0.05, 0) is 29.8 Å². The van der Waals surface area contributed by atoms with E-state index in [1.165, 1.54) is 6.07 Å². The topological polar surface area (TPSA) is 57.8 Å². The Morgan fingerprint density at radius 3 is 2.76 bits per heavy atom. The number of rotatable bonds is 3. The van der Waals surface area contributed by atoms with Gasteiger partial charge in [0.2, 0.25) is 5.91 Å². The van der Waals surface area contributed by atoms with Crippen LogP contribution in [0.25, 0.3) is 10.9 Å². The molecule has 0 aliphatic heterocycles. The molecule has 0 atom stereocenters. The molecule has 3 rings (SSSR count). The van der Waals surface area contributed by atoms with Crippen LogP contribution in [0.15, 0.2) is 42.5 Å². The third-order valence-corrected chi connectivity index (χ3v) is 3.08. The number of halogens is 2. The zero-order chi connectivity index (χ0) is 14.8. The summed E-state index contributed by atoms with van der Waals surface area (Å²) in [5.74, 6) is -1.83. The largest absolute Gasteiger partial charge is 0.308 e. The number of carbonyl (C=O) groups is 1. The van der Waals surface area contributed by atoms with Crippen LogP contribution >= 0.6 is 0 Å². The molecule has 0 bridgehead atoms. The van der Waals surface area contributed by atoms with Gasteiger partial charge in [0.25, 0.3) is 0 Å². The standard InChI is InChI=1S/C15H11F2N3O/c16-11-6-5-9(7-12(11)17)8-14(21)18-15-10-3-1-2-4-13(10)19-20-15/h1-7H,8H2,(H2,18,19,20,21). The molecule has 0 aliphatic rings.